The predicted octanol–water partition coefficient (Wildman–Crippen LogP) is 2.37. The fourth-order valence-corrected chi connectivity index (χ4v) is 2.25. The molecule has 0 bridgehead atoms. The number of halogens is 2. The molecule has 0 aliphatic carbocycles. The number of carbonyl (C=O) groups is 2. The van der Waals surface area contributed by atoms with Crippen LogP contribution in [0.25, 0.3) is 0 Å². The van der Waals surface area contributed by atoms with Gasteiger partial charge in [0.05, 0.1) is 5.56 Å². The SMILES string of the molecule is Cc1ccc(C)c(NC(=O)C(=O)NCC(O)c2c(F)cccc2F)c1. The third-order valence-corrected chi connectivity index (χ3v) is 3.64. The first kappa shape index (κ1) is 18.5. The van der Waals surface area contributed by atoms with Crippen LogP contribution in [0.2, 0.25) is 0 Å². The molecule has 0 aromatic heterocycles. The van der Waals surface area contributed by atoms with Gasteiger partial charge in [0.1, 0.15) is 17.7 Å². The van der Waals surface area contributed by atoms with Gasteiger partial charge in [-0.25, -0.2) is 8.78 Å². The maximum absolute atomic E-state index is 13.6. The van der Waals surface area contributed by atoms with Crippen LogP contribution in [-0.4, -0.2) is 23.5 Å². The van der Waals surface area contributed by atoms with Crippen molar-refractivity contribution in [1.29, 1.82) is 0 Å². The molecule has 1 unspecified atom stereocenters. The molecule has 3 N–H and O–H groups in total. The van der Waals surface area contributed by atoms with Crippen molar-refractivity contribution >= 4 is 17.5 Å². The van der Waals surface area contributed by atoms with Gasteiger partial charge in [0.15, 0.2) is 0 Å². The Morgan fingerprint density at radius 3 is 2.36 bits per heavy atom. The summed E-state index contributed by atoms with van der Waals surface area (Å²) in [6.07, 6.45) is -1.61. The minimum absolute atomic E-state index is 0.487. The van der Waals surface area contributed by atoms with Crippen molar-refractivity contribution in [2.75, 3.05) is 11.9 Å². The van der Waals surface area contributed by atoms with Crippen LogP contribution >= 0.6 is 0 Å². The number of amides is 2. The summed E-state index contributed by atoms with van der Waals surface area (Å²) in [6, 6.07) is 8.53. The normalized spacial score (nSPS) is 11.7. The molecule has 0 aliphatic heterocycles. The molecule has 2 aromatic carbocycles. The number of anilines is 1. The van der Waals surface area contributed by atoms with Crippen LogP contribution in [0.5, 0.6) is 0 Å². The minimum atomic E-state index is -1.61. The lowest BCUT2D eigenvalue weighted by Crippen LogP contribution is -2.38. The molecular formula is C18H18F2N2O3. The Morgan fingerprint density at radius 2 is 1.72 bits per heavy atom. The molecule has 0 saturated heterocycles. The van der Waals surface area contributed by atoms with E-state index in [0.29, 0.717) is 5.69 Å². The summed E-state index contributed by atoms with van der Waals surface area (Å²) in [6.45, 7) is 3.11. The highest BCUT2D eigenvalue weighted by Gasteiger charge is 2.21. The predicted molar refractivity (Wildman–Crippen MR) is 88.9 cm³/mol. The number of hydrogen-bond donors (Lipinski definition) is 3. The third-order valence-electron chi connectivity index (χ3n) is 3.64. The van der Waals surface area contributed by atoms with Crippen molar-refractivity contribution < 1.29 is 23.5 Å². The van der Waals surface area contributed by atoms with Crippen LogP contribution in [0.1, 0.15) is 22.8 Å². The van der Waals surface area contributed by atoms with E-state index in [2.05, 4.69) is 10.6 Å². The largest absolute Gasteiger partial charge is 0.386 e. The molecule has 132 valence electrons. The number of aryl methyl sites for hydroxylation is 2. The van der Waals surface area contributed by atoms with Crippen LogP contribution in [0.3, 0.4) is 0 Å². The van der Waals surface area contributed by atoms with E-state index in [1.165, 1.54) is 0 Å². The summed E-state index contributed by atoms with van der Waals surface area (Å²) < 4.78 is 27.1. The zero-order valence-corrected chi connectivity index (χ0v) is 13.8. The molecule has 0 spiro atoms. The van der Waals surface area contributed by atoms with Crippen LogP contribution in [0, 0.1) is 25.5 Å². The Kier molecular flexibility index (Phi) is 5.82. The monoisotopic (exact) mass is 348 g/mol. The number of rotatable bonds is 4. The van der Waals surface area contributed by atoms with Crippen molar-refractivity contribution in [2.45, 2.75) is 20.0 Å². The van der Waals surface area contributed by atoms with E-state index >= 15 is 0 Å². The zero-order valence-electron chi connectivity index (χ0n) is 13.8. The minimum Gasteiger partial charge on any atom is -0.386 e. The van der Waals surface area contributed by atoms with E-state index in [1.807, 2.05) is 13.0 Å². The van der Waals surface area contributed by atoms with Crippen molar-refractivity contribution in [3.05, 3.63) is 64.7 Å². The highest BCUT2D eigenvalue weighted by Crippen LogP contribution is 2.20. The molecule has 1 atom stereocenters. The molecule has 2 rings (SSSR count). The van der Waals surface area contributed by atoms with Crippen molar-refractivity contribution in [2.24, 2.45) is 0 Å². The molecule has 0 fully saturated rings. The molecule has 2 aromatic rings. The molecular weight excluding hydrogens is 330 g/mol. The third kappa shape index (κ3) is 4.60. The van der Waals surface area contributed by atoms with Gasteiger partial charge in [0.2, 0.25) is 0 Å². The summed E-state index contributed by atoms with van der Waals surface area (Å²) in [5.41, 5.74) is 1.62. The fraction of sp³-hybridized carbons (Fsp3) is 0.222. The maximum Gasteiger partial charge on any atom is 0.313 e. The smallest absolute Gasteiger partial charge is 0.313 e. The summed E-state index contributed by atoms with van der Waals surface area (Å²) in [7, 11) is 0. The maximum atomic E-state index is 13.6. The van der Waals surface area contributed by atoms with Crippen LogP contribution < -0.4 is 10.6 Å². The number of benzene rings is 2. The summed E-state index contributed by atoms with van der Waals surface area (Å²) in [5, 5.41) is 14.5. The van der Waals surface area contributed by atoms with Gasteiger partial charge in [-0.3, -0.25) is 9.59 Å². The highest BCUT2D eigenvalue weighted by molar-refractivity contribution is 6.39. The standard InChI is InChI=1S/C18H18F2N2O3/c1-10-6-7-11(2)14(8-10)22-18(25)17(24)21-9-15(23)16-12(19)4-3-5-13(16)20/h3-8,15,23H,9H2,1-2H3,(H,21,24)(H,22,25). The first-order chi connectivity index (χ1) is 11.8. The Labute approximate surface area is 143 Å². The summed E-state index contributed by atoms with van der Waals surface area (Å²) >= 11 is 0. The molecule has 5 nitrogen and oxygen atoms in total. The highest BCUT2D eigenvalue weighted by atomic mass is 19.1. The topological polar surface area (TPSA) is 78.4 Å². The van der Waals surface area contributed by atoms with E-state index in [4.69, 9.17) is 0 Å². The Bertz CT molecular complexity index is 789. The van der Waals surface area contributed by atoms with Gasteiger partial charge in [-0.15, -0.1) is 0 Å². The first-order valence-corrected chi connectivity index (χ1v) is 7.58. The van der Waals surface area contributed by atoms with Gasteiger partial charge >= 0.3 is 11.8 Å². The van der Waals surface area contributed by atoms with Crippen LogP contribution in [-0.2, 0) is 9.59 Å². The van der Waals surface area contributed by atoms with Crippen molar-refractivity contribution in [3.63, 3.8) is 0 Å². The Morgan fingerprint density at radius 1 is 1.08 bits per heavy atom. The van der Waals surface area contributed by atoms with E-state index in [-0.39, 0.29) is 0 Å². The fourth-order valence-electron chi connectivity index (χ4n) is 2.25. The second-order valence-electron chi connectivity index (χ2n) is 5.63. The number of hydrogen-bond acceptors (Lipinski definition) is 3. The molecule has 0 saturated carbocycles. The molecule has 0 aliphatic rings. The van der Waals surface area contributed by atoms with Crippen molar-refractivity contribution in [3.8, 4) is 0 Å². The van der Waals surface area contributed by atoms with Gasteiger partial charge in [0.25, 0.3) is 0 Å². The van der Waals surface area contributed by atoms with Gasteiger partial charge in [-0.1, -0.05) is 18.2 Å². The van der Waals surface area contributed by atoms with Gasteiger partial charge in [-0.05, 0) is 43.2 Å². The van der Waals surface area contributed by atoms with Crippen LogP contribution in [0.15, 0.2) is 36.4 Å². The van der Waals surface area contributed by atoms with E-state index in [1.54, 1.807) is 19.1 Å². The van der Waals surface area contributed by atoms with Crippen LogP contribution in [0.4, 0.5) is 14.5 Å². The lowest BCUT2D eigenvalue weighted by Gasteiger charge is -2.14. The molecule has 25 heavy (non-hydrogen) atoms. The van der Waals surface area contributed by atoms with E-state index in [9.17, 15) is 23.5 Å². The molecule has 7 heteroatoms. The van der Waals surface area contributed by atoms with Gasteiger partial charge < -0.3 is 15.7 Å². The average Bonchev–Trinajstić information content (AvgIpc) is 2.55. The summed E-state index contributed by atoms with van der Waals surface area (Å²) in [4.78, 5) is 23.7. The summed E-state index contributed by atoms with van der Waals surface area (Å²) in [5.74, 6) is -3.81. The second-order valence-corrected chi connectivity index (χ2v) is 5.63. The van der Waals surface area contributed by atoms with Gasteiger partial charge in [-0.2, -0.15) is 0 Å². The number of carbonyl (C=O) groups excluding carboxylic acids is 2. The van der Waals surface area contributed by atoms with E-state index in [0.717, 1.165) is 29.3 Å². The Balaban J connectivity index is 1.97. The second kappa shape index (κ2) is 7.85. The first-order valence-electron chi connectivity index (χ1n) is 7.58. The number of nitrogens with one attached hydrogen (secondary N) is 2. The molecule has 0 heterocycles. The van der Waals surface area contributed by atoms with Crippen molar-refractivity contribution in [1.82, 2.24) is 5.32 Å². The molecule has 0 radical (unpaired) electrons. The average molecular weight is 348 g/mol. The van der Waals surface area contributed by atoms with Gasteiger partial charge in [0, 0.05) is 12.2 Å². The lowest BCUT2D eigenvalue weighted by molar-refractivity contribution is -0.136. The van der Waals surface area contributed by atoms with E-state index < -0.39 is 41.7 Å². The number of aliphatic hydroxyl groups is 1. The zero-order chi connectivity index (χ0) is 18.6. The Hall–Kier alpha value is -2.80. The molecule has 2 amide bonds. The lowest BCUT2D eigenvalue weighted by atomic mass is 10.1. The quantitative estimate of drug-likeness (QED) is 0.743. The number of aliphatic hydroxyl groups excluding tert-OH is 1.